The number of nitrogens with zero attached hydrogens (tertiary/aromatic N) is 2. The summed E-state index contributed by atoms with van der Waals surface area (Å²) in [5, 5.41) is 14.2. The molecule has 0 spiro atoms. The van der Waals surface area contributed by atoms with Gasteiger partial charge in [-0.25, -0.2) is 14.2 Å². The second kappa shape index (κ2) is 9.16. The predicted molar refractivity (Wildman–Crippen MR) is 140 cm³/mol. The first kappa shape index (κ1) is 24.0. The maximum atomic E-state index is 13.5. The van der Waals surface area contributed by atoms with Crippen LogP contribution in [0.4, 0.5) is 14.9 Å². The van der Waals surface area contributed by atoms with E-state index in [1.54, 1.807) is 6.07 Å². The summed E-state index contributed by atoms with van der Waals surface area (Å²) in [6.07, 6.45) is -1.12. The normalized spacial score (nSPS) is 17.4. The third-order valence-corrected chi connectivity index (χ3v) is 6.65. The average molecular weight is 534 g/mol. The van der Waals surface area contributed by atoms with Gasteiger partial charge in [0.15, 0.2) is 5.82 Å². The van der Waals surface area contributed by atoms with Gasteiger partial charge in [-0.15, -0.1) is 0 Å². The number of benzene rings is 3. The van der Waals surface area contributed by atoms with Gasteiger partial charge < -0.3 is 30.0 Å². The summed E-state index contributed by atoms with van der Waals surface area (Å²) in [6.45, 7) is 0.0521. The number of nitrogens with one attached hydrogen (secondary N) is 3. The highest BCUT2D eigenvalue weighted by atomic mass is 35.5. The van der Waals surface area contributed by atoms with E-state index in [1.807, 2.05) is 42.5 Å². The number of imidazole rings is 1. The second-order valence-corrected chi connectivity index (χ2v) is 9.51. The highest BCUT2D eigenvalue weighted by Gasteiger charge is 2.49. The number of H-pyrrole nitrogens is 2. The average Bonchev–Trinajstić information content (AvgIpc) is 3.57. The monoisotopic (exact) mass is 533 g/mol. The first-order valence-electron chi connectivity index (χ1n) is 11.8. The lowest BCUT2D eigenvalue weighted by atomic mass is 10.2. The van der Waals surface area contributed by atoms with Gasteiger partial charge >= 0.3 is 6.09 Å². The van der Waals surface area contributed by atoms with Crippen molar-refractivity contribution in [3.05, 3.63) is 83.1 Å². The van der Waals surface area contributed by atoms with Crippen molar-refractivity contribution in [1.29, 1.82) is 0 Å². The minimum Gasteiger partial charge on any atom is -0.407 e. The Labute approximate surface area is 220 Å². The van der Waals surface area contributed by atoms with Crippen molar-refractivity contribution in [2.24, 2.45) is 0 Å². The first-order chi connectivity index (χ1) is 18.3. The summed E-state index contributed by atoms with van der Waals surface area (Å²) >= 11 is 5.82. The van der Waals surface area contributed by atoms with Crippen LogP contribution in [-0.2, 0) is 16.1 Å². The second-order valence-electron chi connectivity index (χ2n) is 9.07. The fourth-order valence-corrected chi connectivity index (χ4v) is 4.84. The molecule has 38 heavy (non-hydrogen) atoms. The summed E-state index contributed by atoms with van der Waals surface area (Å²) in [5.74, 6) is -2.94. The van der Waals surface area contributed by atoms with E-state index in [-0.39, 0.29) is 24.5 Å². The summed E-state index contributed by atoms with van der Waals surface area (Å²) in [4.78, 5) is 38.0. The number of ether oxygens (including phenoxy) is 1. The van der Waals surface area contributed by atoms with Gasteiger partial charge in [0.05, 0.1) is 16.7 Å². The Bertz CT molecular complexity index is 1660. The van der Waals surface area contributed by atoms with Crippen LogP contribution in [0, 0.1) is 5.82 Å². The van der Waals surface area contributed by atoms with E-state index in [9.17, 15) is 19.1 Å². The number of aliphatic hydroxyl groups is 1. The number of alkyl carbamates (subject to hydrolysis) is 1. The van der Waals surface area contributed by atoms with E-state index < -0.39 is 23.6 Å². The summed E-state index contributed by atoms with van der Waals surface area (Å²) < 4.78 is 18.6. The molecule has 0 radical (unpaired) electrons. The molecule has 1 aliphatic rings. The largest absolute Gasteiger partial charge is 0.410 e. The minimum atomic E-state index is -2.32. The molecule has 11 heteroatoms. The number of aromatic amines is 2. The minimum absolute atomic E-state index is 0.0952. The number of hydrogen-bond donors (Lipinski definition) is 4. The van der Waals surface area contributed by atoms with E-state index in [0.29, 0.717) is 17.1 Å². The zero-order valence-electron chi connectivity index (χ0n) is 19.8. The smallest absolute Gasteiger partial charge is 0.407 e. The molecular weight excluding hydrogens is 513 g/mol. The SMILES string of the molecule is O=C(NCc1cc(F)cc(Cl)c1)O[C@@]1(O)CCN(c2ccc3[nH]c(-c4nc5ccccc5[nH]4)cc3c2)C1=O. The van der Waals surface area contributed by atoms with Crippen LogP contribution in [0.2, 0.25) is 5.02 Å². The molecule has 0 unspecified atom stereocenters. The fraction of sp³-hybridized carbons (Fsp3) is 0.148. The lowest BCUT2D eigenvalue weighted by Crippen LogP contribution is -2.46. The molecule has 4 N–H and O–H groups in total. The number of halogens is 2. The maximum absolute atomic E-state index is 13.5. The molecule has 3 heterocycles. The summed E-state index contributed by atoms with van der Waals surface area (Å²) in [6, 6.07) is 18.9. The van der Waals surface area contributed by atoms with Gasteiger partial charge in [0, 0.05) is 41.1 Å². The number of anilines is 1. The number of carbonyl (C=O) groups is 2. The quantitative estimate of drug-likeness (QED) is 0.240. The molecule has 1 atom stereocenters. The van der Waals surface area contributed by atoms with Crippen molar-refractivity contribution >= 4 is 51.2 Å². The molecule has 2 amide bonds. The van der Waals surface area contributed by atoms with Gasteiger partial charge in [-0.05, 0) is 60.2 Å². The Hall–Kier alpha value is -4.41. The lowest BCUT2D eigenvalue weighted by Gasteiger charge is -2.22. The molecule has 1 saturated heterocycles. The zero-order valence-corrected chi connectivity index (χ0v) is 20.6. The molecule has 1 fully saturated rings. The zero-order chi connectivity index (χ0) is 26.4. The van der Waals surface area contributed by atoms with Crippen LogP contribution >= 0.6 is 11.6 Å². The topological polar surface area (TPSA) is 123 Å². The van der Waals surface area contributed by atoms with Crippen LogP contribution in [0.1, 0.15) is 12.0 Å². The van der Waals surface area contributed by atoms with Crippen LogP contribution in [0.25, 0.3) is 33.5 Å². The molecule has 5 aromatic rings. The Balaban J connectivity index is 1.16. The van der Waals surface area contributed by atoms with Crippen LogP contribution < -0.4 is 10.2 Å². The number of fused-ring (bicyclic) bond motifs is 2. The summed E-state index contributed by atoms with van der Waals surface area (Å²) in [7, 11) is 0. The Kier molecular flexibility index (Phi) is 5.77. The van der Waals surface area contributed by atoms with Crippen molar-refractivity contribution in [2.45, 2.75) is 18.8 Å². The Morgan fingerprint density at radius 2 is 1.97 bits per heavy atom. The summed E-state index contributed by atoms with van der Waals surface area (Å²) in [5.41, 5.74) is 4.36. The van der Waals surface area contributed by atoms with Crippen molar-refractivity contribution < 1.29 is 23.8 Å². The van der Waals surface area contributed by atoms with E-state index in [2.05, 4.69) is 20.3 Å². The van der Waals surface area contributed by atoms with Gasteiger partial charge in [-0.1, -0.05) is 23.7 Å². The van der Waals surface area contributed by atoms with Crippen molar-refractivity contribution in [3.8, 4) is 11.5 Å². The standard InChI is InChI=1S/C27H21ClFN5O4/c28-17-9-15(10-18(29)13-17)14-30-26(36)38-27(37)7-8-34(25(27)35)19-5-6-20-16(11-19)12-23(31-20)24-32-21-3-1-2-4-22(21)33-24/h1-6,9-13,31,37H,7-8,14H2,(H,30,36)(H,32,33)/t27-/m0/s1. The number of para-hydroxylation sites is 2. The van der Waals surface area contributed by atoms with Crippen molar-refractivity contribution in [1.82, 2.24) is 20.3 Å². The number of aromatic nitrogens is 3. The van der Waals surface area contributed by atoms with Gasteiger partial charge in [0.2, 0.25) is 0 Å². The molecule has 0 bridgehead atoms. The number of rotatable bonds is 5. The van der Waals surface area contributed by atoms with Gasteiger partial charge in [0.1, 0.15) is 5.82 Å². The van der Waals surface area contributed by atoms with E-state index in [4.69, 9.17) is 16.3 Å². The number of hydrogen-bond acceptors (Lipinski definition) is 5. The van der Waals surface area contributed by atoms with Gasteiger partial charge in [0.25, 0.3) is 11.7 Å². The number of amides is 2. The van der Waals surface area contributed by atoms with Crippen molar-refractivity contribution in [3.63, 3.8) is 0 Å². The predicted octanol–water partition coefficient (Wildman–Crippen LogP) is 4.86. The van der Waals surface area contributed by atoms with E-state index in [1.165, 1.54) is 17.0 Å². The molecule has 2 aromatic heterocycles. The van der Waals surface area contributed by atoms with E-state index in [0.717, 1.165) is 33.7 Å². The maximum Gasteiger partial charge on any atom is 0.410 e. The Morgan fingerprint density at radius 1 is 1.13 bits per heavy atom. The molecule has 3 aromatic carbocycles. The highest BCUT2D eigenvalue weighted by molar-refractivity contribution is 6.30. The Morgan fingerprint density at radius 3 is 2.79 bits per heavy atom. The molecule has 0 aliphatic carbocycles. The third kappa shape index (κ3) is 4.44. The van der Waals surface area contributed by atoms with Crippen molar-refractivity contribution in [2.75, 3.05) is 11.4 Å². The third-order valence-electron chi connectivity index (χ3n) is 6.43. The van der Waals surface area contributed by atoms with Crippen LogP contribution in [0.3, 0.4) is 0 Å². The molecule has 9 nitrogen and oxygen atoms in total. The van der Waals surface area contributed by atoms with Gasteiger partial charge in [-0.2, -0.15) is 0 Å². The molecule has 0 saturated carbocycles. The first-order valence-corrected chi connectivity index (χ1v) is 12.2. The van der Waals surface area contributed by atoms with Gasteiger partial charge in [-0.3, -0.25) is 4.79 Å². The molecule has 1 aliphatic heterocycles. The molecule has 192 valence electrons. The van der Waals surface area contributed by atoms with Crippen LogP contribution in [0.5, 0.6) is 0 Å². The van der Waals surface area contributed by atoms with Crippen LogP contribution in [-0.4, -0.2) is 44.4 Å². The lowest BCUT2D eigenvalue weighted by molar-refractivity contribution is -0.175. The number of carbonyl (C=O) groups excluding carboxylic acids is 2. The molecular formula is C27H21ClFN5O4. The van der Waals surface area contributed by atoms with Crippen LogP contribution in [0.15, 0.2) is 66.7 Å². The highest BCUT2D eigenvalue weighted by Crippen LogP contribution is 2.33. The van der Waals surface area contributed by atoms with E-state index >= 15 is 0 Å². The molecule has 6 rings (SSSR count). The fourth-order valence-electron chi connectivity index (χ4n) is 4.60.